The van der Waals surface area contributed by atoms with E-state index in [0.29, 0.717) is 31.9 Å². The Kier molecular flexibility index (Phi) is 5.83. The van der Waals surface area contributed by atoms with E-state index in [0.717, 1.165) is 12.0 Å². The molecular formula is C15H23NO6S. The predicted molar refractivity (Wildman–Crippen MR) is 84.4 cm³/mol. The fourth-order valence-corrected chi connectivity index (χ4v) is 4.63. The molecule has 8 heteroatoms. The number of aromatic carboxylic acids is 1. The summed E-state index contributed by atoms with van der Waals surface area (Å²) in [7, 11) is -1.34. The standard InChI is InChI=1S/C15H23NO6S/c1-11-12(8-14(22-11)15(17)18)9-16(5-3-6-21-2)13-4-7-23(19,20)10-13/h8,13H,3-7,9-10H2,1-2H3,(H,17,18). The highest BCUT2D eigenvalue weighted by atomic mass is 32.2. The van der Waals surface area contributed by atoms with E-state index in [9.17, 15) is 13.2 Å². The van der Waals surface area contributed by atoms with Gasteiger partial charge < -0.3 is 14.3 Å². The molecule has 0 saturated carbocycles. The average Bonchev–Trinajstić information content (AvgIpc) is 3.01. The highest BCUT2D eigenvalue weighted by Crippen LogP contribution is 2.23. The summed E-state index contributed by atoms with van der Waals surface area (Å²) in [6.07, 6.45) is 1.40. The zero-order valence-corrected chi connectivity index (χ0v) is 14.3. The van der Waals surface area contributed by atoms with Crippen LogP contribution < -0.4 is 0 Å². The van der Waals surface area contributed by atoms with Crippen molar-refractivity contribution in [1.29, 1.82) is 0 Å². The molecule has 0 amide bonds. The van der Waals surface area contributed by atoms with E-state index in [-0.39, 0.29) is 23.3 Å². The molecule has 1 unspecified atom stereocenters. The predicted octanol–water partition coefficient (Wildman–Crippen LogP) is 1.31. The molecule has 0 radical (unpaired) electrons. The third kappa shape index (κ3) is 4.79. The van der Waals surface area contributed by atoms with Gasteiger partial charge in [-0.2, -0.15) is 0 Å². The molecule has 7 nitrogen and oxygen atoms in total. The van der Waals surface area contributed by atoms with Crippen molar-refractivity contribution in [3.8, 4) is 0 Å². The van der Waals surface area contributed by atoms with E-state index in [1.54, 1.807) is 14.0 Å². The van der Waals surface area contributed by atoms with Gasteiger partial charge in [0.15, 0.2) is 9.84 Å². The molecule has 23 heavy (non-hydrogen) atoms. The van der Waals surface area contributed by atoms with Crippen molar-refractivity contribution in [3.05, 3.63) is 23.2 Å². The monoisotopic (exact) mass is 345 g/mol. The summed E-state index contributed by atoms with van der Waals surface area (Å²) in [5, 5.41) is 9.01. The highest BCUT2D eigenvalue weighted by molar-refractivity contribution is 7.91. The maximum atomic E-state index is 11.7. The lowest BCUT2D eigenvalue weighted by Crippen LogP contribution is -2.37. The normalized spacial score (nSPS) is 20.2. The molecule has 1 atom stereocenters. The molecule has 1 fully saturated rings. The van der Waals surface area contributed by atoms with Gasteiger partial charge in [0.25, 0.3) is 0 Å². The first-order valence-corrected chi connectivity index (χ1v) is 9.40. The number of sulfone groups is 1. The molecule has 0 aliphatic carbocycles. The second-order valence-corrected chi connectivity index (χ2v) is 8.10. The number of carbonyl (C=O) groups is 1. The topological polar surface area (TPSA) is 97.0 Å². The van der Waals surface area contributed by atoms with Crippen LogP contribution in [0.15, 0.2) is 10.5 Å². The number of aryl methyl sites for hydroxylation is 1. The minimum Gasteiger partial charge on any atom is -0.475 e. The fraction of sp³-hybridized carbons (Fsp3) is 0.667. The van der Waals surface area contributed by atoms with Gasteiger partial charge in [0.05, 0.1) is 11.5 Å². The minimum atomic E-state index is -2.97. The zero-order chi connectivity index (χ0) is 17.0. The second kappa shape index (κ2) is 7.46. The Bertz CT molecular complexity index is 651. The number of ether oxygens (including phenoxy) is 1. The smallest absolute Gasteiger partial charge is 0.371 e. The van der Waals surface area contributed by atoms with Crippen molar-refractivity contribution in [3.63, 3.8) is 0 Å². The van der Waals surface area contributed by atoms with Crippen LogP contribution >= 0.6 is 0 Å². The summed E-state index contributed by atoms with van der Waals surface area (Å²) < 4.78 is 33.8. The van der Waals surface area contributed by atoms with Gasteiger partial charge in [0, 0.05) is 38.4 Å². The summed E-state index contributed by atoms with van der Waals surface area (Å²) in [4.78, 5) is 13.1. The Balaban J connectivity index is 2.12. The van der Waals surface area contributed by atoms with Crippen LogP contribution in [0.25, 0.3) is 0 Å². The van der Waals surface area contributed by atoms with Crippen LogP contribution in [0.1, 0.15) is 34.7 Å². The van der Waals surface area contributed by atoms with E-state index in [2.05, 4.69) is 4.90 Å². The number of hydrogen-bond acceptors (Lipinski definition) is 6. The summed E-state index contributed by atoms with van der Waals surface area (Å²) in [5.74, 6) is -0.270. The molecule has 2 rings (SSSR count). The molecule has 1 saturated heterocycles. The van der Waals surface area contributed by atoms with Crippen LogP contribution in [-0.2, 0) is 21.1 Å². The molecular weight excluding hydrogens is 322 g/mol. The summed E-state index contributed by atoms with van der Waals surface area (Å²) in [6.45, 7) is 3.49. The first kappa shape index (κ1) is 18.0. The van der Waals surface area contributed by atoms with Crippen LogP contribution in [0.2, 0.25) is 0 Å². The number of nitrogens with zero attached hydrogens (tertiary/aromatic N) is 1. The quantitative estimate of drug-likeness (QED) is 0.710. The molecule has 1 aromatic rings. The summed E-state index contributed by atoms with van der Waals surface area (Å²) >= 11 is 0. The van der Waals surface area contributed by atoms with E-state index in [4.69, 9.17) is 14.3 Å². The minimum absolute atomic E-state index is 0.0422. The molecule has 0 aromatic carbocycles. The summed E-state index contributed by atoms with van der Waals surface area (Å²) in [5.41, 5.74) is 0.782. The lowest BCUT2D eigenvalue weighted by molar-refractivity contribution is 0.0661. The lowest BCUT2D eigenvalue weighted by Gasteiger charge is -2.27. The van der Waals surface area contributed by atoms with Gasteiger partial charge in [-0.3, -0.25) is 4.90 Å². The van der Waals surface area contributed by atoms with Crippen LogP contribution in [-0.4, -0.2) is 62.2 Å². The van der Waals surface area contributed by atoms with Gasteiger partial charge >= 0.3 is 5.97 Å². The summed E-state index contributed by atoms with van der Waals surface area (Å²) in [6, 6.07) is 1.48. The van der Waals surface area contributed by atoms with E-state index >= 15 is 0 Å². The maximum absolute atomic E-state index is 11.7. The van der Waals surface area contributed by atoms with Crippen molar-refractivity contribution in [2.45, 2.75) is 32.4 Å². The Morgan fingerprint density at radius 1 is 1.52 bits per heavy atom. The highest BCUT2D eigenvalue weighted by Gasteiger charge is 2.32. The van der Waals surface area contributed by atoms with Crippen LogP contribution in [0.4, 0.5) is 0 Å². The SMILES string of the molecule is COCCCN(Cc1cc(C(=O)O)oc1C)C1CCS(=O)(=O)C1. The molecule has 1 N–H and O–H groups in total. The first-order valence-electron chi connectivity index (χ1n) is 7.58. The second-order valence-electron chi connectivity index (χ2n) is 5.87. The number of hydrogen-bond donors (Lipinski definition) is 1. The van der Waals surface area contributed by atoms with Crippen LogP contribution in [0, 0.1) is 6.92 Å². The number of carboxylic acids is 1. The fourth-order valence-electron chi connectivity index (χ4n) is 2.87. The zero-order valence-electron chi connectivity index (χ0n) is 13.4. The molecule has 1 aromatic heterocycles. The van der Waals surface area contributed by atoms with Crippen molar-refractivity contribution >= 4 is 15.8 Å². The number of methoxy groups -OCH3 is 1. The van der Waals surface area contributed by atoms with Crippen molar-refractivity contribution in [1.82, 2.24) is 4.90 Å². The molecule has 130 valence electrons. The number of rotatable bonds is 8. The van der Waals surface area contributed by atoms with Gasteiger partial charge in [-0.15, -0.1) is 0 Å². The third-order valence-corrected chi connectivity index (χ3v) is 5.87. The molecule has 1 aliphatic heterocycles. The maximum Gasteiger partial charge on any atom is 0.371 e. The molecule has 0 spiro atoms. The first-order chi connectivity index (χ1) is 10.8. The van der Waals surface area contributed by atoms with E-state index < -0.39 is 15.8 Å². The van der Waals surface area contributed by atoms with Crippen molar-refractivity contribution in [2.75, 3.05) is 31.8 Å². The Labute approximate surface area is 136 Å². The van der Waals surface area contributed by atoms with Gasteiger partial charge in [-0.1, -0.05) is 0 Å². The Morgan fingerprint density at radius 2 is 2.26 bits per heavy atom. The van der Waals surface area contributed by atoms with Gasteiger partial charge in [-0.25, -0.2) is 13.2 Å². The lowest BCUT2D eigenvalue weighted by atomic mass is 10.1. The molecule has 2 heterocycles. The number of furan rings is 1. The Morgan fingerprint density at radius 3 is 2.78 bits per heavy atom. The average molecular weight is 345 g/mol. The van der Waals surface area contributed by atoms with E-state index in [1.165, 1.54) is 6.07 Å². The van der Waals surface area contributed by atoms with Crippen LogP contribution in [0.5, 0.6) is 0 Å². The van der Waals surface area contributed by atoms with Gasteiger partial charge in [0.2, 0.25) is 5.76 Å². The van der Waals surface area contributed by atoms with Gasteiger partial charge in [-0.05, 0) is 25.8 Å². The van der Waals surface area contributed by atoms with E-state index in [1.807, 2.05) is 0 Å². The van der Waals surface area contributed by atoms with Crippen molar-refractivity contribution < 1.29 is 27.5 Å². The number of carboxylic acid groups (broad SMARTS) is 1. The van der Waals surface area contributed by atoms with Gasteiger partial charge in [0.1, 0.15) is 5.76 Å². The Hall–Kier alpha value is -1.38. The molecule has 0 bridgehead atoms. The largest absolute Gasteiger partial charge is 0.475 e. The molecule has 1 aliphatic rings. The van der Waals surface area contributed by atoms with Crippen LogP contribution in [0.3, 0.4) is 0 Å². The third-order valence-electron chi connectivity index (χ3n) is 4.12. The van der Waals surface area contributed by atoms with Crippen molar-refractivity contribution in [2.24, 2.45) is 0 Å².